The number of fused-ring (bicyclic) bond motifs is 1. The summed E-state index contributed by atoms with van der Waals surface area (Å²) in [5.74, 6) is 0.0535. The number of thioether (sulfide) groups is 1. The minimum absolute atomic E-state index is 0.0591. The van der Waals surface area contributed by atoms with Crippen LogP contribution in [0.25, 0.3) is 20.7 Å². The van der Waals surface area contributed by atoms with E-state index in [2.05, 4.69) is 5.32 Å². The second-order valence-corrected chi connectivity index (χ2v) is 8.83. The number of carbonyl (C=O) groups is 1. The van der Waals surface area contributed by atoms with Crippen molar-refractivity contribution >= 4 is 44.9 Å². The zero-order chi connectivity index (χ0) is 21.1. The number of anilines is 1. The van der Waals surface area contributed by atoms with E-state index in [1.165, 1.54) is 23.1 Å². The maximum atomic E-state index is 13.0. The van der Waals surface area contributed by atoms with Crippen LogP contribution in [0, 0.1) is 6.92 Å². The Morgan fingerprint density at radius 3 is 2.57 bits per heavy atom. The van der Waals surface area contributed by atoms with Gasteiger partial charge in [-0.3, -0.25) is 14.2 Å². The quantitative estimate of drug-likeness (QED) is 0.335. The molecule has 152 valence electrons. The number of nitrogens with zero attached hydrogens (tertiary/aromatic N) is 2. The van der Waals surface area contributed by atoms with Crippen molar-refractivity contribution < 1.29 is 4.79 Å². The fourth-order valence-corrected chi connectivity index (χ4v) is 5.00. The molecule has 4 aromatic rings. The molecule has 4 rings (SSSR count). The molecule has 0 aliphatic heterocycles. The van der Waals surface area contributed by atoms with Crippen molar-refractivity contribution in [2.75, 3.05) is 11.1 Å². The van der Waals surface area contributed by atoms with Crippen LogP contribution in [0.5, 0.6) is 0 Å². The number of amides is 1. The summed E-state index contributed by atoms with van der Waals surface area (Å²) in [5, 5.41) is 3.44. The summed E-state index contributed by atoms with van der Waals surface area (Å²) >= 11 is 2.74. The Labute approximate surface area is 182 Å². The monoisotopic (exact) mass is 435 g/mol. The highest BCUT2D eigenvalue weighted by atomic mass is 32.2. The second-order valence-electron chi connectivity index (χ2n) is 6.84. The number of hydrogen-bond acceptors (Lipinski definition) is 5. The van der Waals surface area contributed by atoms with Gasteiger partial charge in [0.05, 0.1) is 11.3 Å². The molecule has 2 aromatic heterocycles. The maximum Gasteiger partial charge on any atom is 0.272 e. The fraction of sp³-hybridized carbons (Fsp3) is 0.174. The van der Waals surface area contributed by atoms with E-state index in [0.29, 0.717) is 21.9 Å². The Morgan fingerprint density at radius 2 is 1.87 bits per heavy atom. The summed E-state index contributed by atoms with van der Waals surface area (Å²) in [5.41, 5.74) is 3.58. The second kappa shape index (κ2) is 8.85. The highest BCUT2D eigenvalue weighted by Crippen LogP contribution is 2.32. The minimum Gasteiger partial charge on any atom is -0.325 e. The minimum atomic E-state index is -0.129. The van der Waals surface area contributed by atoms with Crippen molar-refractivity contribution in [3.63, 3.8) is 0 Å². The third-order valence-electron chi connectivity index (χ3n) is 4.64. The lowest BCUT2D eigenvalue weighted by molar-refractivity contribution is -0.113. The van der Waals surface area contributed by atoms with E-state index in [0.717, 1.165) is 21.7 Å². The van der Waals surface area contributed by atoms with Crippen LogP contribution < -0.4 is 10.9 Å². The topological polar surface area (TPSA) is 64.0 Å². The van der Waals surface area contributed by atoms with E-state index >= 15 is 0 Å². The van der Waals surface area contributed by atoms with E-state index in [-0.39, 0.29) is 17.2 Å². The average molecular weight is 436 g/mol. The summed E-state index contributed by atoms with van der Waals surface area (Å²) in [4.78, 5) is 31.1. The molecule has 0 aliphatic carbocycles. The molecule has 0 radical (unpaired) electrons. The van der Waals surface area contributed by atoms with Crippen LogP contribution in [-0.4, -0.2) is 21.2 Å². The molecule has 30 heavy (non-hydrogen) atoms. The molecule has 1 N–H and O–H groups in total. The van der Waals surface area contributed by atoms with Crippen LogP contribution in [-0.2, 0) is 11.3 Å². The molecule has 0 unspecified atom stereocenters. The smallest absolute Gasteiger partial charge is 0.272 e. The van der Waals surface area contributed by atoms with Crippen molar-refractivity contribution in [3.8, 4) is 10.4 Å². The lowest BCUT2D eigenvalue weighted by Crippen LogP contribution is -2.22. The van der Waals surface area contributed by atoms with Crippen molar-refractivity contribution in [2.24, 2.45) is 0 Å². The van der Waals surface area contributed by atoms with Crippen LogP contribution >= 0.6 is 23.1 Å². The fourth-order valence-electron chi connectivity index (χ4n) is 3.09. The third kappa shape index (κ3) is 4.32. The normalized spacial score (nSPS) is 11.0. The van der Waals surface area contributed by atoms with Crippen LogP contribution in [0.3, 0.4) is 0 Å². The van der Waals surface area contributed by atoms with Gasteiger partial charge >= 0.3 is 0 Å². The van der Waals surface area contributed by atoms with E-state index in [9.17, 15) is 9.59 Å². The van der Waals surface area contributed by atoms with Crippen molar-refractivity contribution in [3.05, 3.63) is 76.6 Å². The molecule has 0 aliphatic rings. The molecule has 0 fully saturated rings. The highest BCUT2D eigenvalue weighted by molar-refractivity contribution is 7.99. The highest BCUT2D eigenvalue weighted by Gasteiger charge is 2.15. The summed E-state index contributed by atoms with van der Waals surface area (Å²) in [6.45, 7) is 4.42. The number of thiophene rings is 1. The van der Waals surface area contributed by atoms with Gasteiger partial charge in [-0.05, 0) is 37.6 Å². The van der Waals surface area contributed by atoms with Crippen LogP contribution in [0.15, 0.2) is 70.6 Å². The lowest BCUT2D eigenvalue weighted by Gasteiger charge is -2.10. The zero-order valence-corrected chi connectivity index (χ0v) is 18.3. The molecule has 0 bridgehead atoms. The van der Waals surface area contributed by atoms with Gasteiger partial charge in [-0.25, -0.2) is 4.98 Å². The molecule has 0 saturated heterocycles. The average Bonchev–Trinajstić information content (AvgIpc) is 3.19. The largest absolute Gasteiger partial charge is 0.325 e. The number of nitrogens with one attached hydrogen (secondary N) is 1. The number of aryl methyl sites for hydroxylation is 1. The molecule has 2 heterocycles. The maximum absolute atomic E-state index is 13.0. The summed E-state index contributed by atoms with van der Waals surface area (Å²) in [6, 6.07) is 19.6. The Balaban J connectivity index is 1.58. The Morgan fingerprint density at radius 1 is 1.13 bits per heavy atom. The zero-order valence-electron chi connectivity index (χ0n) is 16.7. The summed E-state index contributed by atoms with van der Waals surface area (Å²) < 4.78 is 2.28. The first-order chi connectivity index (χ1) is 14.5. The number of benzene rings is 2. The molecule has 0 spiro atoms. The van der Waals surface area contributed by atoms with Gasteiger partial charge in [0.15, 0.2) is 5.16 Å². The van der Waals surface area contributed by atoms with Crippen LogP contribution in [0.1, 0.15) is 12.5 Å². The molecular weight excluding hydrogens is 414 g/mol. The molecular formula is C23H21N3O2S2. The lowest BCUT2D eigenvalue weighted by atomic mass is 10.2. The van der Waals surface area contributed by atoms with Gasteiger partial charge in [-0.1, -0.05) is 59.8 Å². The van der Waals surface area contributed by atoms with E-state index in [4.69, 9.17) is 4.98 Å². The first-order valence-electron chi connectivity index (χ1n) is 9.64. The van der Waals surface area contributed by atoms with Crippen molar-refractivity contribution in [1.82, 2.24) is 9.55 Å². The number of rotatable bonds is 6. The predicted molar refractivity (Wildman–Crippen MR) is 126 cm³/mol. The van der Waals surface area contributed by atoms with Gasteiger partial charge in [0, 0.05) is 17.1 Å². The van der Waals surface area contributed by atoms with E-state index in [1.807, 2.05) is 74.5 Å². The first-order valence-corrected chi connectivity index (χ1v) is 11.4. The first kappa shape index (κ1) is 20.4. The molecule has 0 atom stereocenters. The summed E-state index contributed by atoms with van der Waals surface area (Å²) in [6.07, 6.45) is 0. The third-order valence-corrected chi connectivity index (χ3v) is 6.78. The van der Waals surface area contributed by atoms with Crippen molar-refractivity contribution in [1.29, 1.82) is 0 Å². The van der Waals surface area contributed by atoms with Gasteiger partial charge in [-0.2, -0.15) is 0 Å². The molecule has 0 saturated carbocycles. The standard InChI is InChI=1S/C23H21N3O2S2/c1-3-26-22(28)21-18(13-19(30-21)16-7-5-4-6-8-16)25-23(26)29-14-20(27)24-17-11-9-15(2)10-12-17/h4-13H,3,14H2,1-2H3,(H,24,27). The van der Waals surface area contributed by atoms with Gasteiger partial charge < -0.3 is 5.32 Å². The Hall–Kier alpha value is -2.90. The number of hydrogen-bond donors (Lipinski definition) is 1. The van der Waals surface area contributed by atoms with Gasteiger partial charge in [0.25, 0.3) is 5.56 Å². The van der Waals surface area contributed by atoms with Crippen molar-refractivity contribution in [2.45, 2.75) is 25.5 Å². The molecule has 5 nitrogen and oxygen atoms in total. The van der Waals surface area contributed by atoms with Crippen LogP contribution in [0.2, 0.25) is 0 Å². The molecule has 7 heteroatoms. The van der Waals surface area contributed by atoms with Gasteiger partial charge in [0.1, 0.15) is 4.70 Å². The van der Waals surface area contributed by atoms with Crippen LogP contribution in [0.4, 0.5) is 5.69 Å². The Bertz CT molecular complexity index is 1250. The van der Waals surface area contributed by atoms with E-state index in [1.54, 1.807) is 4.57 Å². The predicted octanol–water partition coefficient (Wildman–Crippen LogP) is 5.18. The van der Waals surface area contributed by atoms with Gasteiger partial charge in [-0.15, -0.1) is 11.3 Å². The van der Waals surface area contributed by atoms with Gasteiger partial charge in [0.2, 0.25) is 5.91 Å². The Kier molecular flexibility index (Phi) is 6.01. The number of carbonyl (C=O) groups excluding carboxylic acids is 1. The molecule has 2 aromatic carbocycles. The van der Waals surface area contributed by atoms with E-state index < -0.39 is 0 Å². The summed E-state index contributed by atoms with van der Waals surface area (Å²) in [7, 11) is 0. The number of aromatic nitrogens is 2. The SMILES string of the molecule is CCn1c(SCC(=O)Nc2ccc(C)cc2)nc2cc(-c3ccccc3)sc2c1=O. The molecule has 1 amide bonds.